The Labute approximate surface area is 94.6 Å². The van der Waals surface area contributed by atoms with Crippen molar-refractivity contribution in [3.63, 3.8) is 0 Å². The second-order valence-electron chi connectivity index (χ2n) is 1.35. The van der Waals surface area contributed by atoms with E-state index in [1.165, 1.54) is 0 Å². The Balaban J connectivity index is -0.000000177. The second-order valence-corrected chi connectivity index (χ2v) is 1.48. The maximum Gasteiger partial charge on any atom is 1.00 e. The molecule has 0 aromatic heterocycles. The van der Waals surface area contributed by atoms with Gasteiger partial charge < -0.3 is 19.5 Å². The van der Waals surface area contributed by atoms with Crippen molar-refractivity contribution in [2.45, 2.75) is 12.8 Å². The first-order valence-electron chi connectivity index (χ1n) is 2.37. The van der Waals surface area contributed by atoms with Gasteiger partial charge in [-0.15, -0.1) is 0 Å². The third kappa shape index (κ3) is 32.0. The van der Waals surface area contributed by atoms with Gasteiger partial charge in [-0.1, -0.05) is 0 Å². The molecule has 66 valence electrons. The third-order valence-electron chi connectivity index (χ3n) is 0.553. The minimum absolute atomic E-state index is 0. The summed E-state index contributed by atoms with van der Waals surface area (Å²) >= 11 is -0.417. The number of carboxylic acid groups (broad SMARTS) is 2. The summed E-state index contributed by atoms with van der Waals surface area (Å²) in [6.07, 6.45) is -0.593. The van der Waals surface area contributed by atoms with Crippen LogP contribution in [0.1, 0.15) is 12.8 Å². The zero-order valence-corrected chi connectivity index (χ0v) is 9.08. The van der Waals surface area contributed by atoms with Gasteiger partial charge in [-0.05, 0) is 0 Å². The van der Waals surface area contributed by atoms with Crippen LogP contribution < -0.4 is 38.9 Å². The summed E-state index contributed by atoms with van der Waals surface area (Å²) in [6, 6.07) is 0. The van der Waals surface area contributed by atoms with Gasteiger partial charge in [0.1, 0.15) is 0 Å². The predicted molar refractivity (Wildman–Crippen MR) is 24.5 cm³/mol. The number of rotatable bonds is 3. The Bertz CT molecular complexity index is 115. The molecule has 0 rings (SSSR count). The monoisotopic (exact) mass is 208 g/mol. The van der Waals surface area contributed by atoms with Gasteiger partial charge in [0.2, 0.25) is 0 Å². The average molecular weight is 209 g/mol. The Kier molecular flexibility index (Phi) is 20.6. The van der Waals surface area contributed by atoms with Crippen LogP contribution in [0.5, 0.6) is 0 Å². The van der Waals surface area contributed by atoms with Crippen LogP contribution in [0.2, 0.25) is 0 Å². The van der Waals surface area contributed by atoms with Crippen molar-refractivity contribution in [1.29, 1.82) is 0 Å². The standard InChI is InChI=1S/C4H6O4.ClO2.Na/c5-3(6)1-2-4(7)8;2-1-3;/h1-2H2,(H,5,6)(H,7,8);;/q;-1;+1. The SMILES string of the molecule is O=C(O)CCC(=O)O.[Na+].[O-][Cl+][O-]. The minimum Gasteiger partial charge on any atom is -0.544 e. The molecule has 6 nitrogen and oxygen atoms in total. The first-order valence-corrected chi connectivity index (χ1v) is 2.99. The van der Waals surface area contributed by atoms with Crippen LogP contribution in [0.25, 0.3) is 0 Å². The molecular weight excluding hydrogens is 202 g/mol. The smallest absolute Gasteiger partial charge is 0.544 e. The van der Waals surface area contributed by atoms with Crippen LogP contribution in [0.3, 0.4) is 0 Å². The first-order chi connectivity index (χ1) is 5.04. The van der Waals surface area contributed by atoms with Crippen molar-refractivity contribution in [1.82, 2.24) is 0 Å². The van der Waals surface area contributed by atoms with Crippen molar-refractivity contribution < 1.29 is 70.0 Å². The molecule has 0 aromatic rings. The summed E-state index contributed by atoms with van der Waals surface area (Å²) < 4.78 is 16.5. The summed E-state index contributed by atoms with van der Waals surface area (Å²) in [4.78, 5) is 19.3. The fraction of sp³-hybridized carbons (Fsp3) is 0.500. The van der Waals surface area contributed by atoms with Gasteiger partial charge in [0.05, 0.1) is 24.2 Å². The van der Waals surface area contributed by atoms with E-state index in [1.54, 1.807) is 0 Å². The summed E-state index contributed by atoms with van der Waals surface area (Å²) in [5, 5.41) is 15.8. The Morgan fingerprint density at radius 2 is 1.25 bits per heavy atom. The van der Waals surface area contributed by atoms with E-state index in [1.807, 2.05) is 0 Å². The number of hydrogen-bond acceptors (Lipinski definition) is 4. The van der Waals surface area contributed by atoms with Crippen LogP contribution in [0, 0.1) is 11.3 Å². The number of carboxylic acids is 2. The van der Waals surface area contributed by atoms with Gasteiger partial charge in [-0.3, -0.25) is 9.59 Å². The predicted octanol–water partition coefficient (Wildman–Crippen LogP) is -5.44. The molecular formula is C4H6ClNaO6. The van der Waals surface area contributed by atoms with Crippen molar-refractivity contribution in [2.75, 3.05) is 0 Å². The van der Waals surface area contributed by atoms with Crippen molar-refractivity contribution in [3.05, 3.63) is 0 Å². The minimum atomic E-state index is -1.08. The molecule has 0 bridgehead atoms. The third-order valence-corrected chi connectivity index (χ3v) is 0.553. The molecule has 0 saturated heterocycles. The topological polar surface area (TPSA) is 121 Å². The molecule has 0 spiro atoms. The van der Waals surface area contributed by atoms with Gasteiger partial charge in [-0.2, -0.15) is 0 Å². The van der Waals surface area contributed by atoms with E-state index in [0.29, 0.717) is 0 Å². The number of carbonyl (C=O) groups is 2. The molecule has 0 atom stereocenters. The molecule has 0 aromatic carbocycles. The fourth-order valence-corrected chi connectivity index (χ4v) is 0.214. The average Bonchev–Trinajstić information content (AvgIpc) is 1.85. The van der Waals surface area contributed by atoms with Crippen LogP contribution in [-0.2, 0) is 9.59 Å². The molecule has 0 unspecified atom stereocenters. The molecule has 0 aliphatic heterocycles. The van der Waals surface area contributed by atoms with Crippen LogP contribution in [-0.4, -0.2) is 22.2 Å². The van der Waals surface area contributed by atoms with E-state index in [9.17, 15) is 9.59 Å². The molecule has 0 aliphatic carbocycles. The van der Waals surface area contributed by atoms with Gasteiger partial charge in [-0.25, -0.2) is 0 Å². The van der Waals surface area contributed by atoms with E-state index in [-0.39, 0.29) is 42.4 Å². The van der Waals surface area contributed by atoms with Gasteiger partial charge in [0, 0.05) is 0 Å². The molecule has 12 heavy (non-hydrogen) atoms. The summed E-state index contributed by atoms with van der Waals surface area (Å²) in [5.74, 6) is -2.15. The van der Waals surface area contributed by atoms with Crippen LogP contribution in [0.4, 0.5) is 0 Å². The quantitative estimate of drug-likeness (QED) is 0.447. The molecule has 0 heterocycles. The van der Waals surface area contributed by atoms with Crippen LogP contribution in [0.15, 0.2) is 0 Å². The van der Waals surface area contributed by atoms with Crippen molar-refractivity contribution in [2.24, 2.45) is 0 Å². The molecule has 0 radical (unpaired) electrons. The van der Waals surface area contributed by atoms with Crippen molar-refractivity contribution >= 4 is 11.9 Å². The van der Waals surface area contributed by atoms with Gasteiger partial charge in [0.25, 0.3) is 0 Å². The number of halogens is 1. The largest absolute Gasteiger partial charge is 1.00 e. The Morgan fingerprint density at radius 3 is 1.33 bits per heavy atom. The molecule has 0 fully saturated rings. The molecule has 0 amide bonds. The fourth-order valence-electron chi connectivity index (χ4n) is 0.214. The summed E-state index contributed by atoms with van der Waals surface area (Å²) in [6.45, 7) is 0. The van der Waals surface area contributed by atoms with E-state index in [0.717, 1.165) is 0 Å². The Morgan fingerprint density at radius 1 is 1.08 bits per heavy atom. The zero-order chi connectivity index (χ0) is 9.28. The maximum atomic E-state index is 9.64. The van der Waals surface area contributed by atoms with Crippen LogP contribution >= 0.6 is 0 Å². The van der Waals surface area contributed by atoms with Gasteiger partial charge >= 0.3 is 41.5 Å². The molecule has 0 saturated carbocycles. The maximum absolute atomic E-state index is 9.64. The normalized spacial score (nSPS) is 7.17. The Hall–Kier alpha value is 0.150. The van der Waals surface area contributed by atoms with E-state index < -0.39 is 23.3 Å². The molecule has 8 heteroatoms. The second kappa shape index (κ2) is 13.7. The van der Waals surface area contributed by atoms with Gasteiger partial charge in [0.15, 0.2) is 0 Å². The number of hydrogen-bond donors (Lipinski definition) is 2. The summed E-state index contributed by atoms with van der Waals surface area (Å²) in [7, 11) is 0. The van der Waals surface area contributed by atoms with E-state index in [4.69, 9.17) is 19.5 Å². The molecule has 0 aliphatic rings. The summed E-state index contributed by atoms with van der Waals surface area (Å²) in [5.41, 5.74) is 0. The number of aliphatic carboxylic acids is 2. The molecule has 2 N–H and O–H groups in total. The van der Waals surface area contributed by atoms with E-state index >= 15 is 0 Å². The van der Waals surface area contributed by atoms with E-state index in [2.05, 4.69) is 0 Å². The zero-order valence-electron chi connectivity index (χ0n) is 6.32. The van der Waals surface area contributed by atoms with Crippen molar-refractivity contribution in [3.8, 4) is 0 Å². The first kappa shape index (κ1) is 18.0.